The van der Waals surface area contributed by atoms with E-state index < -0.39 is 10.0 Å². The largest absolute Gasteiger partial charge is 0.366 e. The fourth-order valence-electron chi connectivity index (χ4n) is 1.40. The van der Waals surface area contributed by atoms with Gasteiger partial charge >= 0.3 is 0 Å². The van der Waals surface area contributed by atoms with Crippen molar-refractivity contribution in [2.75, 3.05) is 26.0 Å². The van der Waals surface area contributed by atoms with Crippen molar-refractivity contribution in [3.05, 3.63) is 24.3 Å². The van der Waals surface area contributed by atoms with Crippen LogP contribution < -0.4 is 5.32 Å². The van der Waals surface area contributed by atoms with Crippen LogP contribution in [-0.4, -0.2) is 44.9 Å². The van der Waals surface area contributed by atoms with Gasteiger partial charge in [0.1, 0.15) is 6.61 Å². The molecule has 0 saturated carbocycles. The fraction of sp³-hybridized carbons (Fsp3) is 0.500. The van der Waals surface area contributed by atoms with E-state index >= 15 is 0 Å². The number of rotatable bonds is 5. The minimum absolute atomic E-state index is 0.0543. The van der Waals surface area contributed by atoms with Crippen molar-refractivity contribution >= 4 is 21.6 Å². The Morgan fingerprint density at radius 2 is 1.71 bits per heavy atom. The summed E-state index contributed by atoms with van der Waals surface area (Å²) in [5.74, 6) is -0.284. The molecule has 1 amide bonds. The van der Waals surface area contributed by atoms with E-state index in [0.717, 1.165) is 4.31 Å². The van der Waals surface area contributed by atoms with Gasteiger partial charge in [0.25, 0.3) is 0 Å². The summed E-state index contributed by atoms with van der Waals surface area (Å²) in [5, 5.41) is 2.65. The lowest BCUT2D eigenvalue weighted by Gasteiger charge is -2.19. The number of hydrogen-bond acceptors (Lipinski definition) is 4. The molecule has 0 fully saturated rings. The molecule has 1 aromatic rings. The average molecular weight is 314 g/mol. The van der Waals surface area contributed by atoms with Crippen LogP contribution in [0.25, 0.3) is 0 Å². The number of ether oxygens (including phenoxy) is 1. The summed E-state index contributed by atoms with van der Waals surface area (Å²) in [7, 11) is -0.522. The highest BCUT2D eigenvalue weighted by atomic mass is 32.2. The Balaban J connectivity index is 2.70. The third kappa shape index (κ3) is 5.45. The van der Waals surface area contributed by atoms with Gasteiger partial charge in [-0.05, 0) is 45.0 Å². The van der Waals surface area contributed by atoms with Crippen LogP contribution in [0.5, 0.6) is 0 Å². The second-order valence-electron chi connectivity index (χ2n) is 5.76. The predicted octanol–water partition coefficient (Wildman–Crippen LogP) is 1.69. The van der Waals surface area contributed by atoms with Crippen molar-refractivity contribution in [1.29, 1.82) is 0 Å². The molecule has 21 heavy (non-hydrogen) atoms. The first-order chi connectivity index (χ1) is 9.52. The molecular formula is C14H22N2O4S. The van der Waals surface area contributed by atoms with E-state index in [1.807, 2.05) is 20.8 Å². The Morgan fingerprint density at radius 1 is 1.19 bits per heavy atom. The van der Waals surface area contributed by atoms with Crippen molar-refractivity contribution in [2.24, 2.45) is 0 Å². The van der Waals surface area contributed by atoms with Crippen LogP contribution in [0.4, 0.5) is 5.69 Å². The Bertz CT molecular complexity index is 586. The van der Waals surface area contributed by atoms with Crippen LogP contribution in [0.1, 0.15) is 20.8 Å². The molecule has 118 valence electrons. The van der Waals surface area contributed by atoms with E-state index in [2.05, 4.69) is 5.32 Å². The zero-order valence-corrected chi connectivity index (χ0v) is 13.8. The third-order valence-electron chi connectivity index (χ3n) is 2.55. The van der Waals surface area contributed by atoms with Crippen molar-refractivity contribution in [3.63, 3.8) is 0 Å². The number of benzene rings is 1. The lowest BCUT2D eigenvalue weighted by molar-refractivity contribution is -0.125. The Hall–Kier alpha value is -1.44. The van der Waals surface area contributed by atoms with E-state index in [1.165, 1.54) is 26.2 Å². The van der Waals surface area contributed by atoms with Crippen LogP contribution in [0.2, 0.25) is 0 Å². The summed E-state index contributed by atoms with van der Waals surface area (Å²) >= 11 is 0. The van der Waals surface area contributed by atoms with Crippen molar-refractivity contribution in [1.82, 2.24) is 4.31 Å². The number of nitrogens with one attached hydrogen (secondary N) is 1. The maximum atomic E-state index is 11.9. The minimum Gasteiger partial charge on any atom is -0.366 e. The summed E-state index contributed by atoms with van der Waals surface area (Å²) in [6.07, 6.45) is 0. The Morgan fingerprint density at radius 3 is 2.14 bits per heavy atom. The molecule has 0 aromatic heterocycles. The van der Waals surface area contributed by atoms with E-state index in [1.54, 1.807) is 12.1 Å². The zero-order chi connectivity index (χ0) is 16.3. The molecule has 0 bridgehead atoms. The first-order valence-corrected chi connectivity index (χ1v) is 7.93. The summed E-state index contributed by atoms with van der Waals surface area (Å²) in [6, 6.07) is 6.00. The van der Waals surface area contributed by atoms with E-state index in [9.17, 15) is 13.2 Å². The molecule has 0 saturated heterocycles. The maximum absolute atomic E-state index is 11.9. The number of carbonyl (C=O) groups excluding carboxylic acids is 1. The number of hydrogen-bond donors (Lipinski definition) is 1. The van der Waals surface area contributed by atoms with Gasteiger partial charge in [-0.1, -0.05) is 0 Å². The lowest BCUT2D eigenvalue weighted by atomic mass is 10.2. The molecule has 6 nitrogen and oxygen atoms in total. The Labute approximate surface area is 126 Å². The van der Waals surface area contributed by atoms with Crippen molar-refractivity contribution < 1.29 is 17.9 Å². The number of nitrogens with zero attached hydrogens (tertiary/aromatic N) is 1. The number of carbonyl (C=O) groups is 1. The van der Waals surface area contributed by atoms with Gasteiger partial charge in [0.2, 0.25) is 15.9 Å². The Kier molecular flexibility index (Phi) is 5.49. The summed E-state index contributed by atoms with van der Waals surface area (Å²) in [5.41, 5.74) is 0.135. The molecule has 0 spiro atoms. The third-order valence-corrected chi connectivity index (χ3v) is 4.38. The SMILES string of the molecule is CN(C)S(=O)(=O)c1ccc(NC(=O)COC(C)(C)C)cc1. The van der Waals surface area contributed by atoms with Crippen LogP contribution in [0.15, 0.2) is 29.2 Å². The molecular weight excluding hydrogens is 292 g/mol. The van der Waals surface area contributed by atoms with Crippen LogP contribution in [0.3, 0.4) is 0 Å². The van der Waals surface area contributed by atoms with Crippen LogP contribution >= 0.6 is 0 Å². The molecule has 7 heteroatoms. The smallest absolute Gasteiger partial charge is 0.250 e. The van der Waals surface area contributed by atoms with Gasteiger partial charge in [-0.2, -0.15) is 0 Å². The topological polar surface area (TPSA) is 75.7 Å². The fourth-order valence-corrected chi connectivity index (χ4v) is 2.30. The summed E-state index contributed by atoms with van der Waals surface area (Å²) in [6.45, 7) is 5.53. The molecule has 0 atom stereocenters. The van der Waals surface area contributed by atoms with Gasteiger partial charge in [0.15, 0.2) is 0 Å². The standard InChI is InChI=1S/C14H22N2O4S/c1-14(2,3)20-10-13(17)15-11-6-8-12(9-7-11)21(18,19)16(4)5/h6-9H,10H2,1-5H3,(H,15,17). The monoisotopic (exact) mass is 314 g/mol. The van der Waals surface area contributed by atoms with E-state index in [0.29, 0.717) is 5.69 Å². The van der Waals surface area contributed by atoms with Gasteiger partial charge in [0.05, 0.1) is 10.5 Å². The molecule has 1 N–H and O–H groups in total. The molecule has 1 rings (SSSR count). The first kappa shape index (κ1) is 17.6. The molecule has 0 unspecified atom stereocenters. The van der Waals surface area contributed by atoms with Crippen LogP contribution in [0, 0.1) is 0 Å². The molecule has 0 aliphatic carbocycles. The summed E-state index contributed by atoms with van der Waals surface area (Å²) in [4.78, 5) is 11.9. The average Bonchev–Trinajstić information content (AvgIpc) is 2.36. The number of sulfonamides is 1. The second-order valence-corrected chi connectivity index (χ2v) is 7.91. The van der Waals surface area contributed by atoms with Crippen molar-refractivity contribution in [2.45, 2.75) is 31.3 Å². The van der Waals surface area contributed by atoms with Gasteiger partial charge in [-0.3, -0.25) is 4.79 Å². The zero-order valence-electron chi connectivity index (χ0n) is 13.0. The highest BCUT2D eigenvalue weighted by Crippen LogP contribution is 2.16. The minimum atomic E-state index is -3.46. The number of amides is 1. The van der Waals surface area contributed by atoms with E-state index in [-0.39, 0.29) is 23.0 Å². The molecule has 0 heterocycles. The summed E-state index contributed by atoms with van der Waals surface area (Å²) < 4.78 is 30.3. The highest BCUT2D eigenvalue weighted by molar-refractivity contribution is 7.89. The van der Waals surface area contributed by atoms with Gasteiger partial charge in [0, 0.05) is 19.8 Å². The maximum Gasteiger partial charge on any atom is 0.250 e. The van der Waals surface area contributed by atoms with Gasteiger partial charge in [-0.15, -0.1) is 0 Å². The molecule has 1 aromatic carbocycles. The van der Waals surface area contributed by atoms with Crippen LogP contribution in [-0.2, 0) is 19.6 Å². The predicted molar refractivity (Wildman–Crippen MR) is 81.6 cm³/mol. The highest BCUT2D eigenvalue weighted by Gasteiger charge is 2.17. The second kappa shape index (κ2) is 6.55. The normalized spacial score (nSPS) is 12.5. The van der Waals surface area contributed by atoms with Crippen molar-refractivity contribution in [3.8, 4) is 0 Å². The van der Waals surface area contributed by atoms with E-state index in [4.69, 9.17) is 4.74 Å². The molecule has 0 aliphatic heterocycles. The lowest BCUT2D eigenvalue weighted by Crippen LogP contribution is -2.27. The molecule has 0 radical (unpaired) electrons. The van der Waals surface area contributed by atoms with Gasteiger partial charge < -0.3 is 10.1 Å². The quantitative estimate of drug-likeness (QED) is 0.897. The number of anilines is 1. The van der Waals surface area contributed by atoms with Gasteiger partial charge in [-0.25, -0.2) is 12.7 Å². The first-order valence-electron chi connectivity index (χ1n) is 6.49. The molecule has 0 aliphatic rings.